The fourth-order valence-corrected chi connectivity index (χ4v) is 0.581. The summed E-state index contributed by atoms with van der Waals surface area (Å²) in [6.45, 7) is 3.71. The minimum absolute atomic E-state index is 0. The van der Waals surface area contributed by atoms with Crippen molar-refractivity contribution in [2.75, 3.05) is 0 Å². The highest BCUT2D eigenvalue weighted by Gasteiger charge is 2.03. The SMILES string of the molecule is Cc1coc([C@@H](C)N)n1.Cl.Cl. The Labute approximate surface area is 78.2 Å². The van der Waals surface area contributed by atoms with Crippen molar-refractivity contribution in [3.8, 4) is 0 Å². The highest BCUT2D eigenvalue weighted by molar-refractivity contribution is 5.85. The van der Waals surface area contributed by atoms with E-state index in [1.807, 2.05) is 13.8 Å². The summed E-state index contributed by atoms with van der Waals surface area (Å²) >= 11 is 0. The largest absolute Gasteiger partial charge is 0.447 e. The first-order valence-corrected chi connectivity index (χ1v) is 2.88. The number of halogens is 2. The predicted molar refractivity (Wildman–Crippen MR) is 48.3 cm³/mol. The monoisotopic (exact) mass is 198 g/mol. The number of aryl methyl sites for hydroxylation is 1. The average Bonchev–Trinajstić information content (AvgIpc) is 2.14. The molecule has 0 unspecified atom stereocenters. The zero-order valence-electron chi connectivity index (χ0n) is 6.40. The summed E-state index contributed by atoms with van der Waals surface area (Å²) in [6.07, 6.45) is 1.60. The average molecular weight is 199 g/mol. The molecule has 0 aliphatic rings. The van der Waals surface area contributed by atoms with Crippen molar-refractivity contribution in [1.82, 2.24) is 4.98 Å². The minimum Gasteiger partial charge on any atom is -0.447 e. The summed E-state index contributed by atoms with van der Waals surface area (Å²) in [6, 6.07) is -0.0984. The van der Waals surface area contributed by atoms with Crippen LogP contribution in [-0.2, 0) is 0 Å². The molecule has 1 aromatic rings. The lowest BCUT2D eigenvalue weighted by Gasteiger charge is -1.94. The van der Waals surface area contributed by atoms with E-state index in [0.717, 1.165) is 5.69 Å². The Kier molecular flexibility index (Phi) is 6.56. The lowest BCUT2D eigenvalue weighted by Crippen LogP contribution is -2.04. The molecule has 0 saturated heterocycles. The third kappa shape index (κ3) is 3.60. The van der Waals surface area contributed by atoms with Crippen LogP contribution in [0.2, 0.25) is 0 Å². The van der Waals surface area contributed by atoms with Gasteiger partial charge in [-0.15, -0.1) is 24.8 Å². The van der Waals surface area contributed by atoms with Gasteiger partial charge in [0.15, 0.2) is 0 Å². The van der Waals surface area contributed by atoms with Crippen molar-refractivity contribution in [1.29, 1.82) is 0 Å². The molecule has 11 heavy (non-hydrogen) atoms. The molecule has 0 aliphatic heterocycles. The first-order valence-electron chi connectivity index (χ1n) is 2.88. The molecule has 1 rings (SSSR count). The smallest absolute Gasteiger partial charge is 0.210 e. The van der Waals surface area contributed by atoms with Gasteiger partial charge in [-0.2, -0.15) is 0 Å². The number of hydrogen-bond acceptors (Lipinski definition) is 3. The van der Waals surface area contributed by atoms with Gasteiger partial charge >= 0.3 is 0 Å². The van der Waals surface area contributed by atoms with Crippen LogP contribution >= 0.6 is 24.8 Å². The van der Waals surface area contributed by atoms with E-state index in [1.165, 1.54) is 0 Å². The number of hydrogen-bond donors (Lipinski definition) is 1. The van der Waals surface area contributed by atoms with E-state index in [9.17, 15) is 0 Å². The highest BCUT2D eigenvalue weighted by Crippen LogP contribution is 2.07. The third-order valence-corrected chi connectivity index (χ3v) is 1.03. The van der Waals surface area contributed by atoms with Crippen LogP contribution in [0.5, 0.6) is 0 Å². The van der Waals surface area contributed by atoms with E-state index in [0.29, 0.717) is 5.89 Å². The summed E-state index contributed by atoms with van der Waals surface area (Å²) < 4.78 is 4.99. The fourth-order valence-electron chi connectivity index (χ4n) is 0.581. The van der Waals surface area contributed by atoms with Crippen LogP contribution in [0.25, 0.3) is 0 Å². The van der Waals surface area contributed by atoms with Crippen molar-refractivity contribution >= 4 is 24.8 Å². The van der Waals surface area contributed by atoms with Crippen molar-refractivity contribution in [3.05, 3.63) is 17.8 Å². The molecule has 0 spiro atoms. The Hall–Kier alpha value is -0.250. The lowest BCUT2D eigenvalue weighted by molar-refractivity contribution is 0.463. The summed E-state index contributed by atoms with van der Waals surface area (Å²) in [5.74, 6) is 0.604. The van der Waals surface area contributed by atoms with Crippen molar-refractivity contribution in [2.24, 2.45) is 5.73 Å². The maximum absolute atomic E-state index is 5.47. The molecular weight excluding hydrogens is 187 g/mol. The van der Waals surface area contributed by atoms with E-state index in [4.69, 9.17) is 10.2 Å². The van der Waals surface area contributed by atoms with Crippen LogP contribution < -0.4 is 5.73 Å². The molecule has 0 amide bonds. The van der Waals surface area contributed by atoms with Crippen LogP contribution in [0.4, 0.5) is 0 Å². The molecule has 0 bridgehead atoms. The Morgan fingerprint density at radius 3 is 2.27 bits per heavy atom. The standard InChI is InChI=1S/C6H10N2O.2ClH/c1-4-3-9-6(8-4)5(2)7;;/h3,5H,7H2,1-2H3;2*1H/t5-;;/m1../s1. The molecule has 0 aromatic carbocycles. The topological polar surface area (TPSA) is 52.0 Å². The van der Waals surface area contributed by atoms with Crippen LogP contribution in [-0.4, -0.2) is 4.98 Å². The minimum atomic E-state index is -0.0984. The molecule has 3 nitrogen and oxygen atoms in total. The van der Waals surface area contributed by atoms with Gasteiger partial charge in [0.2, 0.25) is 5.89 Å². The zero-order chi connectivity index (χ0) is 6.85. The maximum Gasteiger partial charge on any atom is 0.210 e. The van der Waals surface area contributed by atoms with Crippen molar-refractivity contribution < 1.29 is 4.42 Å². The van der Waals surface area contributed by atoms with Gasteiger partial charge in [0.25, 0.3) is 0 Å². The van der Waals surface area contributed by atoms with Crippen molar-refractivity contribution in [3.63, 3.8) is 0 Å². The Morgan fingerprint density at radius 2 is 2.09 bits per heavy atom. The van der Waals surface area contributed by atoms with E-state index < -0.39 is 0 Å². The lowest BCUT2D eigenvalue weighted by atomic mass is 10.4. The summed E-state index contributed by atoms with van der Waals surface area (Å²) in [4.78, 5) is 4.02. The maximum atomic E-state index is 5.47. The van der Waals surface area contributed by atoms with Crippen LogP contribution in [0, 0.1) is 6.92 Å². The van der Waals surface area contributed by atoms with Gasteiger partial charge in [0.1, 0.15) is 6.26 Å². The van der Waals surface area contributed by atoms with Gasteiger partial charge < -0.3 is 10.2 Å². The number of oxazole rings is 1. The van der Waals surface area contributed by atoms with Gasteiger partial charge in [0.05, 0.1) is 11.7 Å². The van der Waals surface area contributed by atoms with Gasteiger partial charge in [-0.25, -0.2) is 4.98 Å². The molecule has 0 radical (unpaired) electrons. The predicted octanol–water partition coefficient (Wildman–Crippen LogP) is 1.85. The third-order valence-electron chi connectivity index (χ3n) is 1.03. The quantitative estimate of drug-likeness (QED) is 0.750. The van der Waals surface area contributed by atoms with E-state index in [2.05, 4.69) is 4.98 Å². The second-order valence-electron chi connectivity index (χ2n) is 2.12. The molecule has 66 valence electrons. The number of nitrogens with two attached hydrogens (primary N) is 1. The fraction of sp³-hybridized carbons (Fsp3) is 0.500. The normalized spacial score (nSPS) is 11.2. The number of nitrogens with zero attached hydrogens (tertiary/aromatic N) is 1. The van der Waals surface area contributed by atoms with Crippen LogP contribution in [0.15, 0.2) is 10.7 Å². The van der Waals surface area contributed by atoms with E-state index in [1.54, 1.807) is 6.26 Å². The molecule has 0 saturated carbocycles. The first-order chi connectivity index (χ1) is 4.20. The second kappa shape index (κ2) is 5.41. The Morgan fingerprint density at radius 1 is 1.55 bits per heavy atom. The summed E-state index contributed by atoms with van der Waals surface area (Å²) in [7, 11) is 0. The summed E-state index contributed by atoms with van der Waals surface area (Å²) in [5.41, 5.74) is 6.35. The molecule has 1 atom stereocenters. The molecular formula is C6H12Cl2N2O. The highest BCUT2D eigenvalue weighted by atomic mass is 35.5. The summed E-state index contributed by atoms with van der Waals surface area (Å²) in [5, 5.41) is 0. The van der Waals surface area contributed by atoms with Gasteiger partial charge in [0, 0.05) is 0 Å². The molecule has 0 aliphatic carbocycles. The Bertz CT molecular complexity index is 200. The Balaban J connectivity index is 0. The molecule has 5 heteroatoms. The molecule has 2 N–H and O–H groups in total. The van der Waals surface area contributed by atoms with Crippen LogP contribution in [0.1, 0.15) is 24.6 Å². The number of aromatic nitrogens is 1. The van der Waals surface area contributed by atoms with Gasteiger partial charge in [-0.3, -0.25) is 0 Å². The zero-order valence-corrected chi connectivity index (χ0v) is 8.04. The van der Waals surface area contributed by atoms with Crippen molar-refractivity contribution in [2.45, 2.75) is 19.9 Å². The number of rotatable bonds is 1. The molecule has 1 aromatic heterocycles. The first kappa shape index (κ1) is 13.3. The molecule has 1 heterocycles. The second-order valence-corrected chi connectivity index (χ2v) is 2.12. The van der Waals surface area contributed by atoms with Gasteiger partial charge in [-0.1, -0.05) is 0 Å². The van der Waals surface area contributed by atoms with Gasteiger partial charge in [-0.05, 0) is 13.8 Å². The van der Waals surface area contributed by atoms with Crippen LogP contribution in [0.3, 0.4) is 0 Å². The van der Waals surface area contributed by atoms with E-state index in [-0.39, 0.29) is 30.9 Å². The molecule has 0 fully saturated rings. The van der Waals surface area contributed by atoms with E-state index >= 15 is 0 Å².